The average molecular weight is 197 g/mol. The third-order valence-electron chi connectivity index (χ3n) is 1.95. The first-order valence-electron chi connectivity index (χ1n) is 5.41. The lowest BCUT2D eigenvalue weighted by molar-refractivity contribution is 0.261. The predicted octanol–water partition coefficient (Wildman–Crippen LogP) is 3.74. The second-order valence-electron chi connectivity index (χ2n) is 6.88. The van der Waals surface area contributed by atoms with E-state index < -0.39 is 0 Å². The highest BCUT2D eigenvalue weighted by molar-refractivity contribution is 5.05. The Bertz CT molecular complexity index is 198. The van der Waals surface area contributed by atoms with E-state index in [0.29, 0.717) is 5.41 Å². The van der Waals surface area contributed by atoms with Gasteiger partial charge in [-0.1, -0.05) is 46.8 Å². The van der Waals surface area contributed by atoms with Gasteiger partial charge in [0.05, 0.1) is 0 Å². The van der Waals surface area contributed by atoms with Crippen molar-refractivity contribution < 1.29 is 0 Å². The highest BCUT2D eigenvalue weighted by atomic mass is 14.7. The molecule has 1 heteroatoms. The lowest BCUT2D eigenvalue weighted by Crippen LogP contribution is -2.30. The molecule has 84 valence electrons. The van der Waals surface area contributed by atoms with Gasteiger partial charge < -0.3 is 5.73 Å². The van der Waals surface area contributed by atoms with Crippen LogP contribution in [0.4, 0.5) is 0 Å². The van der Waals surface area contributed by atoms with Crippen molar-refractivity contribution in [1.29, 1.82) is 0 Å². The minimum absolute atomic E-state index is 0.199. The maximum atomic E-state index is 5.92. The smallest absolute Gasteiger partial charge is 0.0281 e. The first-order chi connectivity index (χ1) is 5.91. The fourth-order valence-electron chi connectivity index (χ4n) is 1.87. The molecule has 0 fully saturated rings. The van der Waals surface area contributed by atoms with E-state index in [9.17, 15) is 0 Å². The Morgan fingerprint density at radius 3 is 1.57 bits per heavy atom. The largest absolute Gasteiger partial charge is 0.322 e. The predicted molar refractivity (Wildman–Crippen MR) is 65.3 cm³/mol. The van der Waals surface area contributed by atoms with Gasteiger partial charge in [-0.3, -0.25) is 0 Å². The normalized spacial score (nSPS) is 15.1. The van der Waals surface area contributed by atoms with Crippen LogP contribution in [0.2, 0.25) is 0 Å². The van der Waals surface area contributed by atoms with Crippen molar-refractivity contribution >= 4 is 0 Å². The number of allylic oxidation sites excluding steroid dienone is 1. The quantitative estimate of drug-likeness (QED) is 0.685. The molecular weight excluding hydrogens is 170 g/mol. The molecule has 0 saturated carbocycles. The van der Waals surface area contributed by atoms with Crippen LogP contribution < -0.4 is 5.73 Å². The third-order valence-corrected chi connectivity index (χ3v) is 1.95. The van der Waals surface area contributed by atoms with Gasteiger partial charge in [-0.2, -0.15) is 0 Å². The van der Waals surface area contributed by atoms with E-state index in [-0.39, 0.29) is 11.0 Å². The molecule has 1 nitrogen and oxygen atoms in total. The van der Waals surface area contributed by atoms with E-state index in [0.717, 1.165) is 0 Å². The molecule has 0 radical (unpaired) electrons. The van der Waals surface area contributed by atoms with Gasteiger partial charge in [0.25, 0.3) is 0 Å². The van der Waals surface area contributed by atoms with Crippen LogP contribution in [0.25, 0.3) is 0 Å². The molecular formula is C13H27N. The summed E-state index contributed by atoms with van der Waals surface area (Å²) < 4.78 is 0. The van der Waals surface area contributed by atoms with Gasteiger partial charge in [-0.25, -0.2) is 0 Å². The van der Waals surface area contributed by atoms with Gasteiger partial charge in [0.15, 0.2) is 0 Å². The Morgan fingerprint density at radius 2 is 1.29 bits per heavy atom. The zero-order valence-corrected chi connectivity index (χ0v) is 10.9. The summed E-state index contributed by atoms with van der Waals surface area (Å²) in [6.45, 7) is 15.4. The van der Waals surface area contributed by atoms with E-state index >= 15 is 0 Å². The first-order valence-corrected chi connectivity index (χ1v) is 5.41. The fraction of sp³-hybridized carbons (Fsp3) is 0.846. The van der Waals surface area contributed by atoms with Crippen LogP contribution >= 0.6 is 0 Å². The lowest BCUT2D eigenvalue weighted by Gasteiger charge is -2.30. The molecule has 0 aliphatic heterocycles. The topological polar surface area (TPSA) is 26.0 Å². The van der Waals surface area contributed by atoms with E-state index in [1.54, 1.807) is 0 Å². The molecule has 2 N–H and O–H groups in total. The summed E-state index contributed by atoms with van der Waals surface area (Å²) in [6.07, 6.45) is 5.53. The maximum absolute atomic E-state index is 5.92. The monoisotopic (exact) mass is 197 g/mol. The summed E-state index contributed by atoms with van der Waals surface area (Å²) in [5, 5.41) is 0. The number of hydrogen-bond acceptors (Lipinski definition) is 1. The summed E-state index contributed by atoms with van der Waals surface area (Å²) in [7, 11) is 0. The molecule has 0 rings (SSSR count). The molecule has 0 unspecified atom stereocenters. The van der Waals surface area contributed by atoms with Crippen LogP contribution in [0.3, 0.4) is 0 Å². The van der Waals surface area contributed by atoms with Crippen LogP contribution in [-0.4, -0.2) is 5.54 Å². The van der Waals surface area contributed by atoms with Crippen molar-refractivity contribution in [2.24, 2.45) is 16.6 Å². The molecule has 0 atom stereocenters. The summed E-state index contributed by atoms with van der Waals surface area (Å²) in [4.78, 5) is 0. The fourth-order valence-corrected chi connectivity index (χ4v) is 1.87. The van der Waals surface area contributed by atoms with Crippen molar-refractivity contribution in [3.05, 3.63) is 12.2 Å². The molecule has 0 saturated heterocycles. The molecule has 0 aromatic rings. The summed E-state index contributed by atoms with van der Waals surface area (Å²) in [5.74, 6) is 0. The molecule has 0 aromatic heterocycles. The average Bonchev–Trinajstić information content (AvgIpc) is 1.76. The van der Waals surface area contributed by atoms with Crippen molar-refractivity contribution in [3.63, 3.8) is 0 Å². The van der Waals surface area contributed by atoms with Gasteiger partial charge in [0.1, 0.15) is 0 Å². The van der Waals surface area contributed by atoms with E-state index in [2.05, 4.69) is 46.8 Å². The minimum Gasteiger partial charge on any atom is -0.322 e. The highest BCUT2D eigenvalue weighted by Gasteiger charge is 2.23. The molecule has 0 aliphatic carbocycles. The van der Waals surface area contributed by atoms with E-state index in [1.807, 2.05) is 13.8 Å². The Kier molecular flexibility index (Phi) is 3.97. The van der Waals surface area contributed by atoms with Crippen LogP contribution in [0.5, 0.6) is 0 Å². The van der Waals surface area contributed by atoms with Gasteiger partial charge >= 0.3 is 0 Å². The molecule has 0 aliphatic rings. The number of rotatable bonds is 3. The van der Waals surface area contributed by atoms with Crippen molar-refractivity contribution in [1.82, 2.24) is 0 Å². The van der Waals surface area contributed by atoms with Gasteiger partial charge in [0.2, 0.25) is 0 Å². The Morgan fingerprint density at radius 1 is 0.857 bits per heavy atom. The molecule has 0 bridgehead atoms. The number of hydrogen-bond donors (Lipinski definition) is 1. The maximum Gasteiger partial charge on any atom is 0.0281 e. The van der Waals surface area contributed by atoms with Crippen LogP contribution in [0.15, 0.2) is 12.2 Å². The second-order valence-corrected chi connectivity index (χ2v) is 6.88. The van der Waals surface area contributed by atoms with Crippen molar-refractivity contribution in [3.8, 4) is 0 Å². The van der Waals surface area contributed by atoms with Crippen molar-refractivity contribution in [2.45, 2.75) is 60.4 Å². The van der Waals surface area contributed by atoms with Gasteiger partial charge in [-0.15, -0.1) is 0 Å². The SMILES string of the molecule is CC(C)(N)C=CC(C)(C)CC(C)(C)C. The van der Waals surface area contributed by atoms with Gasteiger partial charge in [0, 0.05) is 5.54 Å². The second kappa shape index (κ2) is 4.06. The van der Waals surface area contributed by atoms with E-state index in [4.69, 9.17) is 5.73 Å². The summed E-state index contributed by atoms with van der Waals surface area (Å²) in [5.41, 5.74) is 6.32. The number of nitrogens with two attached hydrogens (primary N) is 1. The van der Waals surface area contributed by atoms with Crippen LogP contribution in [0, 0.1) is 10.8 Å². The molecule has 14 heavy (non-hydrogen) atoms. The summed E-state index contributed by atoms with van der Waals surface area (Å²) >= 11 is 0. The first kappa shape index (κ1) is 13.7. The van der Waals surface area contributed by atoms with Crippen LogP contribution in [-0.2, 0) is 0 Å². The molecule has 0 heterocycles. The van der Waals surface area contributed by atoms with Gasteiger partial charge in [-0.05, 0) is 31.1 Å². The van der Waals surface area contributed by atoms with Crippen molar-refractivity contribution in [2.75, 3.05) is 0 Å². The summed E-state index contributed by atoms with van der Waals surface area (Å²) in [6, 6.07) is 0. The lowest BCUT2D eigenvalue weighted by atomic mass is 9.75. The Balaban J connectivity index is 4.43. The highest BCUT2D eigenvalue weighted by Crippen LogP contribution is 2.34. The molecule has 0 amide bonds. The molecule has 0 spiro atoms. The zero-order chi connectivity index (χ0) is 11.6. The van der Waals surface area contributed by atoms with Crippen LogP contribution in [0.1, 0.15) is 54.9 Å². The molecule has 0 aromatic carbocycles. The van der Waals surface area contributed by atoms with E-state index in [1.165, 1.54) is 6.42 Å². The Hall–Kier alpha value is -0.300. The minimum atomic E-state index is -0.199. The third kappa shape index (κ3) is 8.31. The standard InChI is InChI=1S/C13H27N/c1-11(2,3)10-12(4,5)8-9-13(6,7)14/h8-9H,10,14H2,1-7H3. The zero-order valence-electron chi connectivity index (χ0n) is 10.9. The Labute approximate surface area is 89.8 Å².